The fourth-order valence-electron chi connectivity index (χ4n) is 2.96. The molecule has 2 atom stereocenters. The topological polar surface area (TPSA) is 70.2 Å². The molecule has 0 bridgehead atoms. The van der Waals surface area contributed by atoms with Gasteiger partial charge in [-0.25, -0.2) is 0 Å². The van der Waals surface area contributed by atoms with Crippen LogP contribution >= 0.6 is 12.2 Å². The minimum Gasteiger partial charge on any atom is -0.465 e. The molecule has 3 heterocycles. The zero-order valence-corrected chi connectivity index (χ0v) is 14.5. The number of aryl methyl sites for hydroxylation is 1. The summed E-state index contributed by atoms with van der Waals surface area (Å²) in [5.74, 6) is -0.295. The van der Waals surface area contributed by atoms with Gasteiger partial charge >= 0.3 is 5.97 Å². The molecule has 7 heteroatoms. The van der Waals surface area contributed by atoms with Crippen molar-refractivity contribution >= 4 is 23.3 Å². The van der Waals surface area contributed by atoms with Crippen LogP contribution in [0.4, 0.5) is 0 Å². The molecule has 2 aromatic rings. The Morgan fingerprint density at radius 2 is 2.21 bits per heavy atom. The Labute approximate surface area is 146 Å². The van der Waals surface area contributed by atoms with Crippen LogP contribution in [0.1, 0.15) is 36.1 Å². The Balaban J connectivity index is 1.95. The lowest BCUT2D eigenvalue weighted by Crippen LogP contribution is -2.35. The number of ether oxygens (including phenoxy) is 1. The van der Waals surface area contributed by atoms with Crippen molar-refractivity contribution in [3.63, 3.8) is 0 Å². The van der Waals surface area contributed by atoms with E-state index in [1.54, 1.807) is 13.1 Å². The van der Waals surface area contributed by atoms with Crippen LogP contribution in [-0.2, 0) is 9.53 Å². The molecule has 126 valence electrons. The molecular weight excluding hydrogens is 324 g/mol. The van der Waals surface area contributed by atoms with E-state index in [1.807, 2.05) is 42.2 Å². The number of rotatable bonds is 5. The van der Waals surface area contributed by atoms with Crippen LogP contribution < -0.4 is 5.32 Å². The fraction of sp³-hybridized carbons (Fsp3) is 0.353. The SMILES string of the molecule is CCOC(=O)CN1C(=S)NC(c2ccccn2)C1c1ccc(C)[nH]1. The van der Waals surface area contributed by atoms with Crippen molar-refractivity contribution in [2.75, 3.05) is 13.2 Å². The van der Waals surface area contributed by atoms with E-state index in [9.17, 15) is 4.79 Å². The first-order valence-electron chi connectivity index (χ1n) is 7.89. The minimum absolute atomic E-state index is 0.103. The second kappa shape index (κ2) is 7.00. The number of hydrogen-bond acceptors (Lipinski definition) is 4. The zero-order valence-electron chi connectivity index (χ0n) is 13.7. The summed E-state index contributed by atoms with van der Waals surface area (Å²) in [5.41, 5.74) is 2.92. The van der Waals surface area contributed by atoms with E-state index in [4.69, 9.17) is 17.0 Å². The van der Waals surface area contributed by atoms with Gasteiger partial charge in [0.25, 0.3) is 0 Å². The first-order chi connectivity index (χ1) is 11.6. The summed E-state index contributed by atoms with van der Waals surface area (Å²) >= 11 is 5.47. The van der Waals surface area contributed by atoms with E-state index < -0.39 is 0 Å². The average molecular weight is 344 g/mol. The number of carbonyl (C=O) groups is 1. The van der Waals surface area contributed by atoms with Gasteiger partial charge in [0, 0.05) is 17.6 Å². The number of nitrogens with one attached hydrogen (secondary N) is 2. The number of aromatic amines is 1. The molecule has 3 rings (SSSR count). The molecule has 0 spiro atoms. The summed E-state index contributed by atoms with van der Waals surface area (Å²) in [6, 6.07) is 9.52. The molecule has 2 N–H and O–H groups in total. The molecule has 0 aliphatic carbocycles. The Morgan fingerprint density at radius 3 is 2.83 bits per heavy atom. The molecule has 0 saturated carbocycles. The van der Waals surface area contributed by atoms with Gasteiger partial charge < -0.3 is 19.9 Å². The highest BCUT2D eigenvalue weighted by atomic mass is 32.1. The highest BCUT2D eigenvalue weighted by molar-refractivity contribution is 7.80. The Morgan fingerprint density at radius 1 is 1.38 bits per heavy atom. The molecule has 24 heavy (non-hydrogen) atoms. The lowest BCUT2D eigenvalue weighted by atomic mass is 10.0. The molecule has 2 unspecified atom stereocenters. The molecule has 1 fully saturated rings. The van der Waals surface area contributed by atoms with Crippen LogP contribution in [0.5, 0.6) is 0 Å². The van der Waals surface area contributed by atoms with Crippen LogP contribution in [-0.4, -0.2) is 39.1 Å². The third-order valence-electron chi connectivity index (χ3n) is 3.98. The first-order valence-corrected chi connectivity index (χ1v) is 8.30. The number of nitrogens with zero attached hydrogens (tertiary/aromatic N) is 2. The van der Waals surface area contributed by atoms with Crippen molar-refractivity contribution in [1.29, 1.82) is 0 Å². The normalized spacial score (nSPS) is 20.1. The molecular formula is C17H20N4O2S. The van der Waals surface area contributed by atoms with Gasteiger partial charge in [-0.15, -0.1) is 0 Å². The molecule has 2 aromatic heterocycles. The molecule has 0 aromatic carbocycles. The van der Waals surface area contributed by atoms with Gasteiger partial charge in [-0.05, 0) is 50.3 Å². The van der Waals surface area contributed by atoms with Crippen LogP contribution in [0, 0.1) is 6.92 Å². The number of thiocarbonyl (C=S) groups is 1. The van der Waals surface area contributed by atoms with Crippen molar-refractivity contribution < 1.29 is 9.53 Å². The van der Waals surface area contributed by atoms with Gasteiger partial charge in [0.15, 0.2) is 5.11 Å². The molecule has 1 aliphatic heterocycles. The standard InChI is InChI=1S/C17H20N4O2S/c1-3-23-14(22)10-21-16(13-8-7-11(2)19-13)15(20-17(21)24)12-6-4-5-9-18-12/h4-9,15-16,19H,3,10H2,1-2H3,(H,20,24). The number of H-pyrrole nitrogens is 1. The summed E-state index contributed by atoms with van der Waals surface area (Å²) in [6.07, 6.45) is 1.76. The Bertz CT molecular complexity index is 731. The molecule has 0 amide bonds. The highest BCUT2D eigenvalue weighted by Crippen LogP contribution is 2.37. The molecule has 0 radical (unpaired) electrons. The third kappa shape index (κ3) is 3.26. The fourth-order valence-corrected chi connectivity index (χ4v) is 3.26. The van der Waals surface area contributed by atoms with Gasteiger partial charge in [-0.2, -0.15) is 0 Å². The maximum atomic E-state index is 12.0. The Kier molecular flexibility index (Phi) is 4.80. The maximum Gasteiger partial charge on any atom is 0.325 e. The monoisotopic (exact) mass is 344 g/mol. The van der Waals surface area contributed by atoms with E-state index in [2.05, 4.69) is 15.3 Å². The second-order valence-corrected chi connectivity index (χ2v) is 6.04. The molecule has 1 saturated heterocycles. The number of hydrogen-bond donors (Lipinski definition) is 2. The van der Waals surface area contributed by atoms with Crippen molar-refractivity contribution in [2.24, 2.45) is 0 Å². The maximum absolute atomic E-state index is 12.0. The Hall–Kier alpha value is -2.41. The molecule has 1 aliphatic rings. The predicted molar refractivity (Wildman–Crippen MR) is 94.3 cm³/mol. The van der Waals surface area contributed by atoms with E-state index >= 15 is 0 Å². The van der Waals surface area contributed by atoms with Crippen molar-refractivity contribution in [3.05, 3.63) is 53.6 Å². The number of pyridine rings is 1. The largest absolute Gasteiger partial charge is 0.465 e. The van der Waals surface area contributed by atoms with Crippen LogP contribution in [0.25, 0.3) is 0 Å². The molecule has 6 nitrogen and oxygen atoms in total. The second-order valence-electron chi connectivity index (χ2n) is 5.66. The number of esters is 1. The summed E-state index contributed by atoms with van der Waals surface area (Å²) < 4.78 is 5.09. The van der Waals surface area contributed by atoms with E-state index in [1.165, 1.54) is 0 Å². The summed E-state index contributed by atoms with van der Waals surface area (Å²) in [6.45, 7) is 4.24. The van der Waals surface area contributed by atoms with Gasteiger partial charge in [0.2, 0.25) is 0 Å². The zero-order chi connectivity index (χ0) is 17.1. The lowest BCUT2D eigenvalue weighted by Gasteiger charge is -2.26. The smallest absolute Gasteiger partial charge is 0.325 e. The first kappa shape index (κ1) is 16.4. The number of carbonyl (C=O) groups excluding carboxylic acids is 1. The van der Waals surface area contributed by atoms with E-state index in [-0.39, 0.29) is 24.6 Å². The van der Waals surface area contributed by atoms with Crippen molar-refractivity contribution in [3.8, 4) is 0 Å². The summed E-state index contributed by atoms with van der Waals surface area (Å²) in [7, 11) is 0. The summed E-state index contributed by atoms with van der Waals surface area (Å²) in [4.78, 5) is 21.7. The average Bonchev–Trinajstić information content (AvgIpc) is 3.13. The van der Waals surface area contributed by atoms with Crippen LogP contribution in [0.3, 0.4) is 0 Å². The van der Waals surface area contributed by atoms with E-state index in [0.717, 1.165) is 17.1 Å². The minimum atomic E-state index is -0.295. The number of aromatic nitrogens is 2. The predicted octanol–water partition coefficient (Wildman–Crippen LogP) is 2.25. The third-order valence-corrected chi connectivity index (χ3v) is 4.33. The van der Waals surface area contributed by atoms with Gasteiger partial charge in [0.05, 0.1) is 24.4 Å². The van der Waals surface area contributed by atoms with Gasteiger partial charge in [0.1, 0.15) is 6.54 Å². The highest BCUT2D eigenvalue weighted by Gasteiger charge is 2.41. The van der Waals surface area contributed by atoms with E-state index in [0.29, 0.717) is 11.7 Å². The van der Waals surface area contributed by atoms with Crippen molar-refractivity contribution in [2.45, 2.75) is 25.9 Å². The van der Waals surface area contributed by atoms with Gasteiger partial charge in [-0.1, -0.05) is 6.07 Å². The van der Waals surface area contributed by atoms with Gasteiger partial charge in [-0.3, -0.25) is 9.78 Å². The van der Waals surface area contributed by atoms with Crippen LogP contribution in [0.15, 0.2) is 36.5 Å². The quantitative estimate of drug-likeness (QED) is 0.640. The van der Waals surface area contributed by atoms with Crippen LogP contribution in [0.2, 0.25) is 0 Å². The lowest BCUT2D eigenvalue weighted by molar-refractivity contribution is -0.143. The van der Waals surface area contributed by atoms with Crippen molar-refractivity contribution in [1.82, 2.24) is 20.2 Å². The summed E-state index contributed by atoms with van der Waals surface area (Å²) in [5, 5.41) is 3.82.